The standard InChI is InChI=1S/C21H21ClN4O3/c1-12-4-7-16(8-5-12)26-14(3)20(13(2)25-26)24-19(27)11-29-21(28)17-9-6-15(22)10-18(17)23/h4-10H,11,23H2,1-3H3,(H,24,27). The Hall–Kier alpha value is -3.32. The highest BCUT2D eigenvalue weighted by atomic mass is 35.5. The highest BCUT2D eigenvalue weighted by Gasteiger charge is 2.17. The molecule has 0 fully saturated rings. The summed E-state index contributed by atoms with van der Waals surface area (Å²) in [7, 11) is 0. The van der Waals surface area contributed by atoms with E-state index >= 15 is 0 Å². The Bertz CT molecular complexity index is 1070. The summed E-state index contributed by atoms with van der Waals surface area (Å²) in [5.41, 5.74) is 10.2. The second-order valence-electron chi connectivity index (χ2n) is 6.65. The van der Waals surface area contributed by atoms with E-state index in [1.165, 1.54) is 18.2 Å². The topological polar surface area (TPSA) is 99.2 Å². The molecule has 0 aliphatic heterocycles. The number of nitrogens with one attached hydrogen (secondary N) is 1. The van der Waals surface area contributed by atoms with Crippen LogP contribution in [0.2, 0.25) is 5.02 Å². The molecule has 0 spiro atoms. The maximum absolute atomic E-state index is 12.3. The van der Waals surface area contributed by atoms with Crippen LogP contribution in [0.25, 0.3) is 5.69 Å². The van der Waals surface area contributed by atoms with Gasteiger partial charge in [-0.25, -0.2) is 9.48 Å². The molecule has 0 saturated heterocycles. The largest absolute Gasteiger partial charge is 0.452 e. The van der Waals surface area contributed by atoms with Crippen molar-refractivity contribution in [2.75, 3.05) is 17.7 Å². The first-order valence-electron chi connectivity index (χ1n) is 8.91. The lowest BCUT2D eigenvalue weighted by atomic mass is 10.2. The number of anilines is 2. The molecule has 0 aliphatic carbocycles. The molecule has 0 saturated carbocycles. The maximum atomic E-state index is 12.3. The molecule has 0 aliphatic rings. The number of rotatable bonds is 5. The van der Waals surface area contributed by atoms with Crippen molar-refractivity contribution in [3.05, 3.63) is 70.0 Å². The zero-order valence-electron chi connectivity index (χ0n) is 16.3. The fourth-order valence-corrected chi connectivity index (χ4v) is 3.05. The molecular weight excluding hydrogens is 392 g/mol. The Balaban J connectivity index is 1.68. The highest BCUT2D eigenvalue weighted by molar-refractivity contribution is 6.31. The third-order valence-electron chi connectivity index (χ3n) is 4.40. The lowest BCUT2D eigenvalue weighted by Crippen LogP contribution is -2.22. The first kappa shape index (κ1) is 20.4. The van der Waals surface area contributed by atoms with Gasteiger partial charge in [0.05, 0.1) is 28.3 Å². The average molecular weight is 413 g/mol. The van der Waals surface area contributed by atoms with E-state index in [1.807, 2.05) is 38.1 Å². The number of aryl methyl sites for hydroxylation is 2. The summed E-state index contributed by atoms with van der Waals surface area (Å²) >= 11 is 5.82. The summed E-state index contributed by atoms with van der Waals surface area (Å²) in [5.74, 6) is -1.17. The fraction of sp³-hybridized carbons (Fsp3) is 0.190. The summed E-state index contributed by atoms with van der Waals surface area (Å²) in [6.45, 7) is 5.22. The van der Waals surface area contributed by atoms with Gasteiger partial charge in [0.15, 0.2) is 6.61 Å². The van der Waals surface area contributed by atoms with E-state index in [0.717, 1.165) is 16.9 Å². The van der Waals surface area contributed by atoms with Gasteiger partial charge in [-0.15, -0.1) is 0 Å². The van der Waals surface area contributed by atoms with E-state index in [4.69, 9.17) is 22.1 Å². The minimum Gasteiger partial charge on any atom is -0.452 e. The fourth-order valence-electron chi connectivity index (χ4n) is 2.86. The zero-order valence-corrected chi connectivity index (χ0v) is 17.1. The van der Waals surface area contributed by atoms with Gasteiger partial charge in [-0.1, -0.05) is 29.3 Å². The van der Waals surface area contributed by atoms with Crippen molar-refractivity contribution in [1.82, 2.24) is 9.78 Å². The van der Waals surface area contributed by atoms with Crippen LogP contribution in [-0.4, -0.2) is 28.3 Å². The molecule has 3 aromatic rings. The van der Waals surface area contributed by atoms with Crippen LogP contribution in [0.4, 0.5) is 11.4 Å². The molecule has 8 heteroatoms. The van der Waals surface area contributed by atoms with Gasteiger partial charge >= 0.3 is 5.97 Å². The first-order valence-corrected chi connectivity index (χ1v) is 9.29. The van der Waals surface area contributed by atoms with E-state index in [1.54, 1.807) is 11.6 Å². The van der Waals surface area contributed by atoms with Gasteiger partial charge in [-0.2, -0.15) is 5.10 Å². The number of nitrogens with two attached hydrogens (primary N) is 1. The van der Waals surface area contributed by atoms with Crippen LogP contribution < -0.4 is 11.1 Å². The van der Waals surface area contributed by atoms with Gasteiger partial charge in [-0.3, -0.25) is 4.79 Å². The van der Waals surface area contributed by atoms with Gasteiger partial charge in [0, 0.05) is 10.7 Å². The predicted octanol–water partition coefficient (Wildman–Crippen LogP) is 3.83. The normalized spacial score (nSPS) is 10.6. The molecule has 29 heavy (non-hydrogen) atoms. The van der Waals surface area contributed by atoms with Crippen molar-refractivity contribution in [1.29, 1.82) is 0 Å². The second-order valence-corrected chi connectivity index (χ2v) is 7.09. The van der Waals surface area contributed by atoms with Crippen LogP contribution in [-0.2, 0) is 9.53 Å². The number of nitrogens with zero attached hydrogens (tertiary/aromatic N) is 2. The Morgan fingerprint density at radius 3 is 2.48 bits per heavy atom. The number of benzene rings is 2. The van der Waals surface area contributed by atoms with Crippen molar-refractivity contribution in [3.8, 4) is 5.69 Å². The van der Waals surface area contributed by atoms with Gasteiger partial charge in [0.2, 0.25) is 0 Å². The molecule has 2 aromatic carbocycles. The van der Waals surface area contributed by atoms with Crippen LogP contribution >= 0.6 is 11.6 Å². The van der Waals surface area contributed by atoms with Crippen molar-refractivity contribution in [2.24, 2.45) is 0 Å². The lowest BCUT2D eigenvalue weighted by Gasteiger charge is -2.09. The number of carbonyl (C=O) groups is 2. The monoisotopic (exact) mass is 412 g/mol. The summed E-state index contributed by atoms with van der Waals surface area (Å²) in [6.07, 6.45) is 0. The third kappa shape index (κ3) is 4.57. The molecule has 0 bridgehead atoms. The van der Waals surface area contributed by atoms with Crippen molar-refractivity contribution in [2.45, 2.75) is 20.8 Å². The lowest BCUT2D eigenvalue weighted by molar-refractivity contribution is -0.119. The summed E-state index contributed by atoms with van der Waals surface area (Å²) in [6, 6.07) is 12.3. The number of hydrogen-bond acceptors (Lipinski definition) is 5. The number of halogens is 1. The molecule has 3 N–H and O–H groups in total. The van der Waals surface area contributed by atoms with E-state index in [2.05, 4.69) is 10.4 Å². The predicted molar refractivity (Wildman–Crippen MR) is 113 cm³/mol. The highest BCUT2D eigenvalue weighted by Crippen LogP contribution is 2.23. The average Bonchev–Trinajstić information content (AvgIpc) is 2.95. The van der Waals surface area contributed by atoms with E-state index < -0.39 is 18.5 Å². The Labute approximate surface area is 173 Å². The molecule has 7 nitrogen and oxygen atoms in total. The molecule has 0 unspecified atom stereocenters. The quantitative estimate of drug-likeness (QED) is 0.490. The Morgan fingerprint density at radius 2 is 1.83 bits per heavy atom. The van der Waals surface area contributed by atoms with Crippen molar-refractivity contribution >= 4 is 34.9 Å². The second kappa shape index (κ2) is 8.36. The zero-order chi connectivity index (χ0) is 21.1. The van der Waals surface area contributed by atoms with Crippen molar-refractivity contribution in [3.63, 3.8) is 0 Å². The number of ether oxygens (including phenoxy) is 1. The summed E-state index contributed by atoms with van der Waals surface area (Å²) < 4.78 is 6.82. The van der Waals surface area contributed by atoms with Gasteiger partial charge in [0.25, 0.3) is 5.91 Å². The Morgan fingerprint density at radius 1 is 1.14 bits per heavy atom. The number of aromatic nitrogens is 2. The van der Waals surface area contributed by atoms with Gasteiger partial charge in [0.1, 0.15) is 0 Å². The first-order chi connectivity index (χ1) is 13.8. The van der Waals surface area contributed by atoms with Crippen LogP contribution in [0.15, 0.2) is 42.5 Å². The molecule has 1 aromatic heterocycles. The summed E-state index contributed by atoms with van der Waals surface area (Å²) in [4.78, 5) is 24.4. The molecule has 0 atom stereocenters. The number of amides is 1. The molecule has 0 radical (unpaired) electrons. The molecule has 3 rings (SSSR count). The van der Waals surface area contributed by atoms with Crippen LogP contribution in [0, 0.1) is 20.8 Å². The smallest absolute Gasteiger partial charge is 0.340 e. The molecule has 1 amide bonds. The number of esters is 1. The molecular formula is C21H21ClN4O3. The molecule has 150 valence electrons. The summed E-state index contributed by atoms with van der Waals surface area (Å²) in [5, 5.41) is 7.66. The van der Waals surface area contributed by atoms with E-state index in [-0.39, 0.29) is 11.3 Å². The SMILES string of the molecule is Cc1ccc(-n2nc(C)c(NC(=O)COC(=O)c3ccc(Cl)cc3N)c2C)cc1. The van der Waals surface area contributed by atoms with E-state index in [9.17, 15) is 9.59 Å². The van der Waals surface area contributed by atoms with Crippen molar-refractivity contribution < 1.29 is 14.3 Å². The van der Waals surface area contributed by atoms with Crippen LogP contribution in [0.5, 0.6) is 0 Å². The third-order valence-corrected chi connectivity index (χ3v) is 4.64. The number of carbonyl (C=O) groups excluding carboxylic acids is 2. The minimum absolute atomic E-state index is 0.154. The maximum Gasteiger partial charge on any atom is 0.340 e. The van der Waals surface area contributed by atoms with E-state index in [0.29, 0.717) is 16.4 Å². The van der Waals surface area contributed by atoms with Gasteiger partial charge in [-0.05, 0) is 51.1 Å². The van der Waals surface area contributed by atoms with Crippen LogP contribution in [0.1, 0.15) is 27.3 Å². The van der Waals surface area contributed by atoms with Crippen LogP contribution in [0.3, 0.4) is 0 Å². The number of nitrogen functional groups attached to an aromatic ring is 1. The Kier molecular flexibility index (Phi) is 5.89. The number of hydrogen-bond donors (Lipinski definition) is 2. The molecule has 1 heterocycles. The van der Waals surface area contributed by atoms with Gasteiger partial charge < -0.3 is 15.8 Å². The minimum atomic E-state index is -0.696.